The zero-order valence-electron chi connectivity index (χ0n) is 11.6. The van der Waals surface area contributed by atoms with E-state index in [9.17, 15) is 4.79 Å². The van der Waals surface area contributed by atoms with E-state index in [0.717, 1.165) is 38.4 Å². The normalized spacial score (nSPS) is 17.1. The second kappa shape index (κ2) is 6.52. The van der Waals surface area contributed by atoms with E-state index in [1.165, 1.54) is 0 Å². The molecule has 1 amide bonds. The lowest BCUT2D eigenvalue weighted by Crippen LogP contribution is -2.36. The number of carbonyl (C=O) groups excluding carboxylic acids is 1. The molecule has 0 bridgehead atoms. The van der Waals surface area contributed by atoms with Crippen LogP contribution in [0.2, 0.25) is 0 Å². The number of ether oxygens (including phenoxy) is 1. The highest BCUT2D eigenvalue weighted by Crippen LogP contribution is 2.16. The first-order valence-corrected chi connectivity index (χ1v) is 6.80. The summed E-state index contributed by atoms with van der Waals surface area (Å²) in [5.74, 6) is -0.107. The molecular formula is C14H21N3O2. The highest BCUT2D eigenvalue weighted by Gasteiger charge is 2.15. The van der Waals surface area contributed by atoms with Gasteiger partial charge in [0.2, 0.25) is 0 Å². The van der Waals surface area contributed by atoms with Crippen LogP contribution in [0.15, 0.2) is 18.3 Å². The van der Waals surface area contributed by atoms with E-state index in [0.29, 0.717) is 5.69 Å². The van der Waals surface area contributed by atoms with Crippen molar-refractivity contribution < 1.29 is 9.53 Å². The van der Waals surface area contributed by atoms with Crippen LogP contribution in [0.5, 0.6) is 0 Å². The highest BCUT2D eigenvalue weighted by molar-refractivity contribution is 5.93. The van der Waals surface area contributed by atoms with Gasteiger partial charge >= 0.3 is 0 Å². The third kappa shape index (κ3) is 3.67. The molecule has 1 N–H and O–H groups in total. The smallest absolute Gasteiger partial charge is 0.270 e. The molecule has 0 spiro atoms. The SMILES string of the molecule is CCC(C)NC(=O)c1cc(N2CCOCC2)ccn1. The summed E-state index contributed by atoms with van der Waals surface area (Å²) in [5, 5.41) is 2.93. The number of nitrogens with one attached hydrogen (secondary N) is 1. The van der Waals surface area contributed by atoms with E-state index < -0.39 is 0 Å². The zero-order chi connectivity index (χ0) is 13.7. The van der Waals surface area contributed by atoms with Gasteiger partial charge in [-0.2, -0.15) is 0 Å². The number of nitrogens with zero attached hydrogens (tertiary/aromatic N) is 2. The van der Waals surface area contributed by atoms with E-state index in [2.05, 4.69) is 15.2 Å². The Hall–Kier alpha value is -1.62. The van der Waals surface area contributed by atoms with Gasteiger partial charge in [-0.15, -0.1) is 0 Å². The van der Waals surface area contributed by atoms with Crippen LogP contribution in [0.1, 0.15) is 30.8 Å². The monoisotopic (exact) mass is 263 g/mol. The first-order valence-electron chi connectivity index (χ1n) is 6.80. The molecule has 1 aromatic heterocycles. The third-order valence-electron chi connectivity index (χ3n) is 3.34. The number of pyridine rings is 1. The summed E-state index contributed by atoms with van der Waals surface area (Å²) in [7, 11) is 0. The average molecular weight is 263 g/mol. The number of anilines is 1. The minimum Gasteiger partial charge on any atom is -0.378 e. The van der Waals surface area contributed by atoms with Crippen molar-refractivity contribution in [1.82, 2.24) is 10.3 Å². The summed E-state index contributed by atoms with van der Waals surface area (Å²) in [6.45, 7) is 7.21. The molecule has 104 valence electrons. The summed E-state index contributed by atoms with van der Waals surface area (Å²) in [6.07, 6.45) is 2.60. The molecule has 0 radical (unpaired) electrons. The van der Waals surface area contributed by atoms with Gasteiger partial charge in [-0.3, -0.25) is 9.78 Å². The molecule has 5 nitrogen and oxygen atoms in total. The second-order valence-corrected chi connectivity index (χ2v) is 4.78. The maximum Gasteiger partial charge on any atom is 0.270 e. The molecule has 2 heterocycles. The Bertz CT molecular complexity index is 430. The Morgan fingerprint density at radius 2 is 2.26 bits per heavy atom. The van der Waals surface area contributed by atoms with Crippen LogP contribution < -0.4 is 10.2 Å². The molecule has 5 heteroatoms. The largest absolute Gasteiger partial charge is 0.378 e. The maximum atomic E-state index is 12.0. The van der Waals surface area contributed by atoms with Crippen molar-refractivity contribution in [2.75, 3.05) is 31.2 Å². The Balaban J connectivity index is 2.07. The molecular weight excluding hydrogens is 242 g/mol. The Morgan fingerprint density at radius 3 is 2.95 bits per heavy atom. The third-order valence-corrected chi connectivity index (χ3v) is 3.34. The van der Waals surface area contributed by atoms with Crippen molar-refractivity contribution in [1.29, 1.82) is 0 Å². The number of amides is 1. The van der Waals surface area contributed by atoms with Gasteiger partial charge in [-0.25, -0.2) is 0 Å². The van der Waals surface area contributed by atoms with Crippen LogP contribution in [0.25, 0.3) is 0 Å². The summed E-state index contributed by atoms with van der Waals surface area (Å²) in [5.41, 5.74) is 1.51. The van der Waals surface area contributed by atoms with E-state index in [4.69, 9.17) is 4.74 Å². The number of carbonyl (C=O) groups is 1. The molecule has 0 aromatic carbocycles. The number of rotatable bonds is 4. The molecule has 19 heavy (non-hydrogen) atoms. The van der Waals surface area contributed by atoms with Gasteiger partial charge in [-0.1, -0.05) is 6.92 Å². The van der Waals surface area contributed by atoms with Gasteiger partial charge in [0.25, 0.3) is 5.91 Å². The van der Waals surface area contributed by atoms with Crippen LogP contribution in [0, 0.1) is 0 Å². The predicted molar refractivity (Wildman–Crippen MR) is 74.5 cm³/mol. The minimum atomic E-state index is -0.107. The number of hydrogen-bond acceptors (Lipinski definition) is 4. The van der Waals surface area contributed by atoms with Gasteiger partial charge < -0.3 is 15.0 Å². The Kier molecular flexibility index (Phi) is 4.74. The van der Waals surface area contributed by atoms with Crippen LogP contribution in [0.4, 0.5) is 5.69 Å². The van der Waals surface area contributed by atoms with Crippen LogP contribution in [-0.4, -0.2) is 43.2 Å². The van der Waals surface area contributed by atoms with Crippen molar-refractivity contribution in [3.63, 3.8) is 0 Å². The molecule has 1 saturated heterocycles. The molecule has 1 unspecified atom stereocenters. The molecule has 1 fully saturated rings. The van der Waals surface area contributed by atoms with Crippen molar-refractivity contribution in [3.8, 4) is 0 Å². The number of morpholine rings is 1. The van der Waals surface area contributed by atoms with E-state index in [-0.39, 0.29) is 11.9 Å². The van der Waals surface area contributed by atoms with Crippen molar-refractivity contribution in [2.45, 2.75) is 26.3 Å². The maximum absolute atomic E-state index is 12.0. The fraction of sp³-hybridized carbons (Fsp3) is 0.571. The van der Waals surface area contributed by atoms with Gasteiger partial charge in [-0.05, 0) is 25.5 Å². The summed E-state index contributed by atoms with van der Waals surface area (Å²) >= 11 is 0. The molecule has 1 aliphatic heterocycles. The summed E-state index contributed by atoms with van der Waals surface area (Å²) in [4.78, 5) is 18.4. The predicted octanol–water partition coefficient (Wildman–Crippen LogP) is 1.45. The fourth-order valence-electron chi connectivity index (χ4n) is 1.96. The lowest BCUT2D eigenvalue weighted by atomic mass is 10.2. The average Bonchev–Trinajstić information content (AvgIpc) is 2.48. The van der Waals surface area contributed by atoms with E-state index >= 15 is 0 Å². The second-order valence-electron chi connectivity index (χ2n) is 4.78. The Morgan fingerprint density at radius 1 is 1.53 bits per heavy atom. The minimum absolute atomic E-state index is 0.107. The standard InChI is InChI=1S/C14H21N3O2/c1-3-11(2)16-14(18)13-10-12(4-5-15-13)17-6-8-19-9-7-17/h4-5,10-11H,3,6-9H2,1-2H3,(H,16,18). The van der Waals surface area contributed by atoms with E-state index in [1.807, 2.05) is 26.0 Å². The topological polar surface area (TPSA) is 54.5 Å². The molecule has 1 aromatic rings. The first-order chi connectivity index (χ1) is 9.20. The van der Waals surface area contributed by atoms with Crippen molar-refractivity contribution >= 4 is 11.6 Å². The quantitative estimate of drug-likeness (QED) is 0.893. The molecule has 0 saturated carbocycles. The van der Waals surface area contributed by atoms with Gasteiger partial charge in [0.05, 0.1) is 13.2 Å². The van der Waals surface area contributed by atoms with Gasteiger partial charge in [0.1, 0.15) is 5.69 Å². The van der Waals surface area contributed by atoms with Crippen LogP contribution in [0.3, 0.4) is 0 Å². The Labute approximate surface area is 114 Å². The molecule has 1 atom stereocenters. The lowest BCUT2D eigenvalue weighted by molar-refractivity contribution is 0.0934. The molecule has 1 aliphatic rings. The number of hydrogen-bond donors (Lipinski definition) is 1. The summed E-state index contributed by atoms with van der Waals surface area (Å²) < 4.78 is 5.33. The first kappa shape index (κ1) is 13.8. The zero-order valence-corrected chi connectivity index (χ0v) is 11.6. The van der Waals surface area contributed by atoms with Crippen molar-refractivity contribution in [2.24, 2.45) is 0 Å². The molecule has 2 rings (SSSR count). The summed E-state index contributed by atoms with van der Waals surface area (Å²) in [6, 6.07) is 3.95. The lowest BCUT2D eigenvalue weighted by Gasteiger charge is -2.28. The van der Waals surface area contributed by atoms with E-state index in [1.54, 1.807) is 6.20 Å². The van der Waals surface area contributed by atoms with Gasteiger partial charge in [0.15, 0.2) is 0 Å². The van der Waals surface area contributed by atoms with Crippen LogP contribution in [-0.2, 0) is 4.74 Å². The number of aromatic nitrogens is 1. The fourth-order valence-corrected chi connectivity index (χ4v) is 1.96. The van der Waals surface area contributed by atoms with Gasteiger partial charge in [0, 0.05) is 31.0 Å². The molecule has 0 aliphatic carbocycles. The highest BCUT2D eigenvalue weighted by atomic mass is 16.5. The van der Waals surface area contributed by atoms with Crippen molar-refractivity contribution in [3.05, 3.63) is 24.0 Å². The van der Waals surface area contributed by atoms with Crippen LogP contribution >= 0.6 is 0 Å².